The minimum Gasteiger partial charge on any atom is -0.506 e. The summed E-state index contributed by atoms with van der Waals surface area (Å²) in [6, 6.07) is 10.4. The first kappa shape index (κ1) is 29.3. The fourth-order valence-electron chi connectivity index (χ4n) is 8.64. The van der Waals surface area contributed by atoms with Crippen molar-refractivity contribution in [2.75, 3.05) is 39.3 Å². The molecule has 0 radical (unpaired) electrons. The van der Waals surface area contributed by atoms with Crippen LogP contribution in [0.1, 0.15) is 56.1 Å². The van der Waals surface area contributed by atoms with E-state index in [1.54, 1.807) is 18.2 Å². The number of carbonyl (C=O) groups is 1. The molecule has 0 spiro atoms. The lowest BCUT2D eigenvalue weighted by molar-refractivity contribution is -0.118. The monoisotopic (exact) mass is 594 g/mol. The van der Waals surface area contributed by atoms with Gasteiger partial charge in [-0.05, 0) is 104 Å². The number of aromatic nitrogens is 1. The molecule has 42 heavy (non-hydrogen) atoms. The number of thiazole rings is 1. The molecule has 1 aromatic heterocycles. The number of nitrogens with zero attached hydrogens (tertiary/aromatic N) is 2. The lowest BCUT2D eigenvalue weighted by Crippen LogP contribution is -2.52. The van der Waals surface area contributed by atoms with Crippen LogP contribution in [0, 0.1) is 29.0 Å². The number of aromatic amines is 1. The van der Waals surface area contributed by atoms with Crippen molar-refractivity contribution >= 4 is 27.5 Å². The summed E-state index contributed by atoms with van der Waals surface area (Å²) < 4.78 is 14.6. The normalized spacial score (nSPS) is 24.8. The van der Waals surface area contributed by atoms with Crippen molar-refractivity contribution in [1.29, 1.82) is 0 Å². The zero-order chi connectivity index (χ0) is 29.3. The van der Waals surface area contributed by atoms with Crippen LogP contribution in [0.2, 0.25) is 0 Å². The number of hydrogen-bond acceptors (Lipinski definition) is 6. The molecule has 4 N–H and O–H groups in total. The van der Waals surface area contributed by atoms with Crippen molar-refractivity contribution in [3.05, 3.63) is 63.0 Å². The molecule has 3 aromatic rings. The van der Waals surface area contributed by atoms with Crippen molar-refractivity contribution < 1.29 is 14.3 Å². The van der Waals surface area contributed by atoms with Gasteiger partial charge in [0.25, 0.3) is 0 Å². The Labute approximate surface area is 250 Å². The van der Waals surface area contributed by atoms with E-state index in [0.717, 1.165) is 84.1 Å². The van der Waals surface area contributed by atoms with Crippen LogP contribution in [0.15, 0.2) is 41.2 Å². The third kappa shape index (κ3) is 6.90. The molecule has 2 aromatic carbocycles. The molecule has 4 fully saturated rings. The van der Waals surface area contributed by atoms with Gasteiger partial charge in [0, 0.05) is 45.7 Å². The van der Waals surface area contributed by atoms with Crippen molar-refractivity contribution in [1.82, 2.24) is 14.8 Å². The maximum absolute atomic E-state index is 13.8. The van der Waals surface area contributed by atoms with Crippen LogP contribution in [-0.4, -0.2) is 65.1 Å². The fraction of sp³-hybridized carbons (Fsp3) is 0.576. The fourth-order valence-corrected chi connectivity index (χ4v) is 9.54. The third-order valence-electron chi connectivity index (χ3n) is 10.1. The van der Waals surface area contributed by atoms with Gasteiger partial charge in [0.1, 0.15) is 17.1 Å². The topological polar surface area (TPSA) is 103 Å². The number of primary amides is 1. The summed E-state index contributed by atoms with van der Waals surface area (Å²) >= 11 is 1.16. The van der Waals surface area contributed by atoms with Gasteiger partial charge in [-0.15, -0.1) is 0 Å². The number of halogens is 1. The molecule has 4 aliphatic carbocycles. The van der Waals surface area contributed by atoms with Gasteiger partial charge in [0.15, 0.2) is 0 Å². The number of phenols is 1. The van der Waals surface area contributed by atoms with Crippen LogP contribution in [0.3, 0.4) is 0 Å². The van der Waals surface area contributed by atoms with Gasteiger partial charge in [0.05, 0.1) is 4.70 Å². The summed E-state index contributed by atoms with van der Waals surface area (Å²) in [5.41, 5.74) is 8.47. The number of amides is 1. The van der Waals surface area contributed by atoms with Crippen molar-refractivity contribution in [2.45, 2.75) is 57.8 Å². The zero-order valence-corrected chi connectivity index (χ0v) is 25.1. The van der Waals surface area contributed by atoms with Crippen molar-refractivity contribution in [2.24, 2.45) is 28.9 Å². The van der Waals surface area contributed by atoms with Crippen LogP contribution in [0.25, 0.3) is 10.2 Å². The van der Waals surface area contributed by atoms with Gasteiger partial charge in [-0.1, -0.05) is 29.5 Å². The molecular weight excluding hydrogens is 551 g/mol. The van der Waals surface area contributed by atoms with Crippen LogP contribution < -0.4 is 10.6 Å². The van der Waals surface area contributed by atoms with E-state index in [4.69, 9.17) is 5.73 Å². The number of carbonyl (C=O) groups excluding carboxylic acids is 1. The summed E-state index contributed by atoms with van der Waals surface area (Å²) in [6.07, 6.45) is 10.1. The molecule has 9 heteroatoms. The highest BCUT2D eigenvalue weighted by Crippen LogP contribution is 2.60. The van der Waals surface area contributed by atoms with E-state index >= 15 is 0 Å². The van der Waals surface area contributed by atoms with Crippen LogP contribution >= 0.6 is 11.3 Å². The van der Waals surface area contributed by atoms with Gasteiger partial charge in [-0.3, -0.25) is 9.59 Å². The third-order valence-corrected chi connectivity index (χ3v) is 11.0. The second-order valence-electron chi connectivity index (χ2n) is 13.3. The molecule has 4 bridgehead atoms. The molecule has 7 nitrogen and oxygen atoms in total. The number of rotatable bonds is 14. The maximum atomic E-state index is 13.8. The van der Waals surface area contributed by atoms with E-state index in [9.17, 15) is 19.1 Å². The molecule has 226 valence electrons. The van der Waals surface area contributed by atoms with E-state index < -0.39 is 0 Å². The Morgan fingerprint density at radius 1 is 0.976 bits per heavy atom. The van der Waals surface area contributed by atoms with Crippen LogP contribution in [-0.2, 0) is 17.6 Å². The highest BCUT2D eigenvalue weighted by molar-refractivity contribution is 7.16. The lowest BCUT2D eigenvalue weighted by atomic mass is 9.49. The summed E-state index contributed by atoms with van der Waals surface area (Å²) in [6.45, 7) is 4.94. The number of phenolic OH excluding ortho intramolecular Hbond substituents is 1. The van der Waals surface area contributed by atoms with Crippen LogP contribution in [0.5, 0.6) is 5.75 Å². The second-order valence-corrected chi connectivity index (χ2v) is 14.3. The van der Waals surface area contributed by atoms with E-state index in [-0.39, 0.29) is 22.3 Å². The largest absolute Gasteiger partial charge is 0.506 e. The van der Waals surface area contributed by atoms with Gasteiger partial charge in [0.2, 0.25) is 5.91 Å². The lowest BCUT2D eigenvalue weighted by Gasteiger charge is -2.58. The van der Waals surface area contributed by atoms with E-state index in [2.05, 4.69) is 14.8 Å². The first-order valence-electron chi connectivity index (χ1n) is 15.5. The molecule has 4 saturated carbocycles. The smallest absolute Gasteiger partial charge is 0.305 e. The Balaban J connectivity index is 1.17. The Hall–Kier alpha value is -2.75. The number of benzene rings is 2. The standard InChI is InChI=1S/C33H43FN4O3S/c34-27-3-1-2-22(17-27)6-9-37(11-8-29(35)40)12-13-38(21-33-18-23-14-24(19-33)16-25(15-23)20-33)10-7-26-4-5-28(39)30-31(26)42-32(41)36-30/h1-5,17,23-25,39H,6-16,18-21H2,(H2,35,40)(H,36,41). The van der Waals surface area contributed by atoms with E-state index in [1.165, 1.54) is 44.6 Å². The molecular formula is C33H43FN4O3S. The first-order chi connectivity index (χ1) is 20.2. The number of nitrogens with one attached hydrogen (secondary N) is 1. The van der Waals surface area contributed by atoms with Crippen molar-refractivity contribution in [3.63, 3.8) is 0 Å². The Kier molecular flexibility index (Phi) is 8.70. The Bertz CT molecular complexity index is 1430. The summed E-state index contributed by atoms with van der Waals surface area (Å²) in [7, 11) is 0. The second kappa shape index (κ2) is 12.5. The predicted molar refractivity (Wildman–Crippen MR) is 165 cm³/mol. The SMILES string of the molecule is NC(=O)CCN(CCc1cccc(F)c1)CCN(CCc1ccc(O)c2[nH]c(=O)sc12)CC12CC3CC(CC(C3)C1)C2. The molecule has 1 amide bonds. The predicted octanol–water partition coefficient (Wildman–Crippen LogP) is 4.92. The number of aromatic hydroxyl groups is 1. The molecule has 1 heterocycles. The minimum absolute atomic E-state index is 0.112. The van der Waals surface area contributed by atoms with Gasteiger partial charge < -0.3 is 25.6 Å². The number of hydrogen-bond donors (Lipinski definition) is 3. The van der Waals surface area contributed by atoms with E-state index in [0.29, 0.717) is 30.3 Å². The Morgan fingerprint density at radius 3 is 2.36 bits per heavy atom. The zero-order valence-electron chi connectivity index (χ0n) is 24.3. The number of nitrogens with two attached hydrogens (primary N) is 1. The molecule has 7 rings (SSSR count). The average Bonchev–Trinajstić information content (AvgIpc) is 3.33. The molecule has 0 aliphatic heterocycles. The number of H-pyrrole nitrogens is 1. The highest BCUT2D eigenvalue weighted by atomic mass is 32.1. The van der Waals surface area contributed by atoms with E-state index in [1.807, 2.05) is 12.1 Å². The van der Waals surface area contributed by atoms with Gasteiger partial charge in [-0.2, -0.15) is 0 Å². The minimum atomic E-state index is -0.307. The summed E-state index contributed by atoms with van der Waals surface area (Å²) in [5.74, 6) is 2.22. The van der Waals surface area contributed by atoms with Crippen LogP contribution in [0.4, 0.5) is 4.39 Å². The number of fused-ring (bicyclic) bond motifs is 1. The highest BCUT2D eigenvalue weighted by Gasteiger charge is 2.51. The summed E-state index contributed by atoms with van der Waals surface area (Å²) in [5, 5.41) is 10.3. The summed E-state index contributed by atoms with van der Waals surface area (Å²) in [4.78, 5) is 31.3. The van der Waals surface area contributed by atoms with Gasteiger partial charge in [-0.25, -0.2) is 4.39 Å². The van der Waals surface area contributed by atoms with Crippen molar-refractivity contribution in [3.8, 4) is 5.75 Å². The molecule has 0 saturated heterocycles. The molecule has 0 unspecified atom stereocenters. The average molecular weight is 595 g/mol. The molecule has 0 atom stereocenters. The first-order valence-corrected chi connectivity index (χ1v) is 16.4. The Morgan fingerprint density at radius 2 is 1.67 bits per heavy atom. The molecule has 4 aliphatic rings. The quantitative estimate of drug-likeness (QED) is 0.246. The van der Waals surface area contributed by atoms with Gasteiger partial charge >= 0.3 is 4.87 Å². The maximum Gasteiger partial charge on any atom is 0.305 e.